The van der Waals surface area contributed by atoms with Crippen molar-refractivity contribution in [1.29, 1.82) is 0 Å². The molecule has 0 fully saturated rings. The minimum Gasteiger partial charge on any atom is -0.507 e. The highest BCUT2D eigenvalue weighted by molar-refractivity contribution is 14.1. The SMILES string of the molecule is O=C(NCCCCCI)c1ccc(F)cc1O. The summed E-state index contributed by atoms with van der Waals surface area (Å²) in [7, 11) is 0. The van der Waals surface area contributed by atoms with Crippen LogP contribution in [0.2, 0.25) is 0 Å². The van der Waals surface area contributed by atoms with E-state index in [0.29, 0.717) is 6.54 Å². The minimum atomic E-state index is -0.555. The van der Waals surface area contributed by atoms with Gasteiger partial charge in [0.15, 0.2) is 0 Å². The summed E-state index contributed by atoms with van der Waals surface area (Å²) in [5, 5.41) is 12.1. The molecule has 1 amide bonds. The molecule has 0 atom stereocenters. The molecule has 0 aromatic heterocycles. The summed E-state index contributed by atoms with van der Waals surface area (Å²) in [5.41, 5.74) is 0.111. The fourth-order valence-corrected chi connectivity index (χ4v) is 1.93. The molecule has 0 radical (unpaired) electrons. The van der Waals surface area contributed by atoms with Crippen molar-refractivity contribution >= 4 is 28.5 Å². The van der Waals surface area contributed by atoms with E-state index in [9.17, 15) is 14.3 Å². The molecule has 1 rings (SSSR count). The average molecular weight is 351 g/mol. The number of carbonyl (C=O) groups is 1. The molecule has 5 heteroatoms. The van der Waals surface area contributed by atoms with Gasteiger partial charge in [0.05, 0.1) is 5.56 Å². The van der Waals surface area contributed by atoms with Crippen LogP contribution in [-0.2, 0) is 0 Å². The summed E-state index contributed by atoms with van der Waals surface area (Å²) in [6, 6.07) is 3.38. The number of rotatable bonds is 6. The number of halogens is 2. The Morgan fingerprint density at radius 3 is 2.76 bits per heavy atom. The van der Waals surface area contributed by atoms with Crippen LogP contribution in [0.3, 0.4) is 0 Å². The number of aromatic hydroxyl groups is 1. The van der Waals surface area contributed by atoms with E-state index in [1.807, 2.05) is 0 Å². The maximum atomic E-state index is 12.7. The summed E-state index contributed by atoms with van der Waals surface area (Å²) in [6.45, 7) is 0.576. The smallest absolute Gasteiger partial charge is 0.255 e. The monoisotopic (exact) mass is 351 g/mol. The number of hydrogen-bond acceptors (Lipinski definition) is 2. The highest BCUT2D eigenvalue weighted by atomic mass is 127. The lowest BCUT2D eigenvalue weighted by Gasteiger charge is -2.06. The van der Waals surface area contributed by atoms with Crippen molar-refractivity contribution in [2.24, 2.45) is 0 Å². The Balaban J connectivity index is 2.42. The standard InChI is InChI=1S/C12H15FINO2/c13-9-4-5-10(11(16)8-9)12(17)15-7-3-1-2-6-14/h4-5,8,16H,1-3,6-7H2,(H,15,17). The van der Waals surface area contributed by atoms with Crippen molar-refractivity contribution in [2.75, 3.05) is 11.0 Å². The van der Waals surface area contributed by atoms with E-state index in [2.05, 4.69) is 27.9 Å². The van der Waals surface area contributed by atoms with E-state index < -0.39 is 5.82 Å². The maximum Gasteiger partial charge on any atom is 0.255 e. The van der Waals surface area contributed by atoms with E-state index in [0.717, 1.165) is 35.8 Å². The Hall–Kier alpha value is -0.850. The molecule has 0 aliphatic heterocycles. The summed E-state index contributed by atoms with van der Waals surface area (Å²) in [4.78, 5) is 11.6. The van der Waals surface area contributed by atoms with Crippen LogP contribution in [0.25, 0.3) is 0 Å². The fourth-order valence-electron chi connectivity index (χ4n) is 1.39. The summed E-state index contributed by atoms with van der Waals surface area (Å²) in [6.07, 6.45) is 3.12. The van der Waals surface area contributed by atoms with Gasteiger partial charge in [0.1, 0.15) is 11.6 Å². The Morgan fingerprint density at radius 1 is 1.35 bits per heavy atom. The summed E-state index contributed by atoms with van der Waals surface area (Å²) in [5.74, 6) is -1.24. The predicted molar refractivity (Wildman–Crippen MR) is 73.1 cm³/mol. The highest BCUT2D eigenvalue weighted by Crippen LogP contribution is 2.17. The van der Waals surface area contributed by atoms with Crippen molar-refractivity contribution in [3.05, 3.63) is 29.6 Å². The quantitative estimate of drug-likeness (QED) is 0.470. The van der Waals surface area contributed by atoms with Crippen LogP contribution in [0.5, 0.6) is 5.75 Å². The zero-order chi connectivity index (χ0) is 12.7. The van der Waals surface area contributed by atoms with Crippen LogP contribution in [0.1, 0.15) is 29.6 Å². The van der Waals surface area contributed by atoms with Gasteiger partial charge in [-0.05, 0) is 29.4 Å². The van der Waals surface area contributed by atoms with E-state index in [4.69, 9.17) is 0 Å². The Bertz CT molecular complexity index is 385. The lowest BCUT2D eigenvalue weighted by atomic mass is 10.2. The molecule has 0 saturated heterocycles. The number of carbonyl (C=O) groups excluding carboxylic acids is 1. The first-order chi connectivity index (χ1) is 8.15. The van der Waals surface area contributed by atoms with Gasteiger partial charge in [0.2, 0.25) is 0 Å². The number of benzene rings is 1. The molecule has 17 heavy (non-hydrogen) atoms. The van der Waals surface area contributed by atoms with Gasteiger partial charge in [-0.2, -0.15) is 0 Å². The third kappa shape index (κ3) is 4.89. The number of unbranched alkanes of at least 4 members (excludes halogenated alkanes) is 2. The van der Waals surface area contributed by atoms with Crippen LogP contribution in [0.15, 0.2) is 18.2 Å². The largest absolute Gasteiger partial charge is 0.507 e. The van der Waals surface area contributed by atoms with Crippen LogP contribution >= 0.6 is 22.6 Å². The third-order valence-corrected chi connectivity index (χ3v) is 3.06. The molecular formula is C12H15FINO2. The number of phenolic OH excluding ortho intramolecular Hbond substituents is 1. The minimum absolute atomic E-state index is 0.111. The van der Waals surface area contributed by atoms with Gasteiger partial charge in [-0.1, -0.05) is 29.0 Å². The van der Waals surface area contributed by atoms with Gasteiger partial charge in [0, 0.05) is 12.6 Å². The van der Waals surface area contributed by atoms with Crippen molar-refractivity contribution in [2.45, 2.75) is 19.3 Å². The Morgan fingerprint density at radius 2 is 2.12 bits per heavy atom. The van der Waals surface area contributed by atoms with Crippen LogP contribution < -0.4 is 5.32 Å². The summed E-state index contributed by atoms with van der Waals surface area (Å²) >= 11 is 2.31. The lowest BCUT2D eigenvalue weighted by molar-refractivity contribution is 0.0950. The lowest BCUT2D eigenvalue weighted by Crippen LogP contribution is -2.24. The third-order valence-electron chi connectivity index (χ3n) is 2.30. The number of hydrogen-bond donors (Lipinski definition) is 2. The molecule has 0 unspecified atom stereocenters. The second kappa shape index (κ2) is 7.47. The molecule has 2 N–H and O–H groups in total. The first kappa shape index (κ1) is 14.2. The Labute approximate surface area is 114 Å². The van der Waals surface area contributed by atoms with E-state index in [-0.39, 0.29) is 17.2 Å². The van der Waals surface area contributed by atoms with E-state index in [1.54, 1.807) is 0 Å². The molecular weight excluding hydrogens is 336 g/mol. The first-order valence-electron chi connectivity index (χ1n) is 5.48. The van der Waals surface area contributed by atoms with Gasteiger partial charge in [0.25, 0.3) is 5.91 Å². The molecule has 0 spiro atoms. The second-order valence-corrected chi connectivity index (χ2v) is 4.75. The number of alkyl halides is 1. The van der Waals surface area contributed by atoms with Crippen molar-refractivity contribution in [3.63, 3.8) is 0 Å². The molecule has 0 saturated carbocycles. The molecule has 1 aromatic rings. The zero-order valence-electron chi connectivity index (χ0n) is 9.38. The second-order valence-electron chi connectivity index (χ2n) is 3.67. The maximum absolute atomic E-state index is 12.7. The Kier molecular flexibility index (Phi) is 6.25. The van der Waals surface area contributed by atoms with Gasteiger partial charge < -0.3 is 10.4 Å². The number of phenols is 1. The molecule has 0 heterocycles. The normalized spacial score (nSPS) is 10.2. The first-order valence-corrected chi connectivity index (χ1v) is 7.00. The summed E-state index contributed by atoms with van der Waals surface area (Å²) < 4.78 is 13.8. The molecule has 94 valence electrons. The van der Waals surface area contributed by atoms with Crippen LogP contribution in [0.4, 0.5) is 4.39 Å². The van der Waals surface area contributed by atoms with Crippen molar-refractivity contribution < 1.29 is 14.3 Å². The van der Waals surface area contributed by atoms with E-state index >= 15 is 0 Å². The van der Waals surface area contributed by atoms with Gasteiger partial charge >= 0.3 is 0 Å². The molecule has 0 aliphatic rings. The van der Waals surface area contributed by atoms with E-state index in [1.165, 1.54) is 6.07 Å². The number of nitrogens with one attached hydrogen (secondary N) is 1. The fraction of sp³-hybridized carbons (Fsp3) is 0.417. The average Bonchev–Trinajstić information content (AvgIpc) is 2.28. The van der Waals surface area contributed by atoms with Crippen molar-refractivity contribution in [3.8, 4) is 5.75 Å². The van der Waals surface area contributed by atoms with Gasteiger partial charge in [-0.15, -0.1) is 0 Å². The molecule has 0 aliphatic carbocycles. The molecule has 1 aromatic carbocycles. The van der Waals surface area contributed by atoms with Crippen LogP contribution in [0, 0.1) is 5.82 Å². The van der Waals surface area contributed by atoms with Crippen LogP contribution in [-0.4, -0.2) is 22.0 Å². The highest BCUT2D eigenvalue weighted by Gasteiger charge is 2.10. The van der Waals surface area contributed by atoms with Gasteiger partial charge in [-0.25, -0.2) is 4.39 Å². The van der Waals surface area contributed by atoms with Crippen molar-refractivity contribution in [1.82, 2.24) is 5.32 Å². The molecule has 3 nitrogen and oxygen atoms in total. The topological polar surface area (TPSA) is 49.3 Å². The zero-order valence-corrected chi connectivity index (χ0v) is 11.5. The number of amides is 1. The predicted octanol–water partition coefficient (Wildman–Crippen LogP) is 2.87. The molecule has 0 bridgehead atoms. The van der Waals surface area contributed by atoms with Gasteiger partial charge in [-0.3, -0.25) is 4.79 Å².